The van der Waals surface area contributed by atoms with Crippen molar-refractivity contribution < 1.29 is 9.90 Å². The van der Waals surface area contributed by atoms with Gasteiger partial charge >= 0.3 is 5.97 Å². The summed E-state index contributed by atoms with van der Waals surface area (Å²) in [5.74, 6) is -0.335. The maximum Gasteiger partial charge on any atom is 0.303 e. The third-order valence-electron chi connectivity index (χ3n) is 3.78. The SMILES string of the molecule is CC(Cc1ccccc1)N1CCC(CC(=O)O)C1. The molecule has 1 aliphatic heterocycles. The molecule has 1 N–H and O–H groups in total. The Morgan fingerprint density at radius 3 is 2.83 bits per heavy atom. The van der Waals surface area contributed by atoms with Gasteiger partial charge in [-0.25, -0.2) is 0 Å². The maximum atomic E-state index is 10.7. The minimum absolute atomic E-state index is 0.314. The van der Waals surface area contributed by atoms with E-state index in [0.717, 1.165) is 25.9 Å². The summed E-state index contributed by atoms with van der Waals surface area (Å²) >= 11 is 0. The second-order valence-electron chi connectivity index (χ2n) is 5.29. The van der Waals surface area contributed by atoms with Crippen LogP contribution in [-0.2, 0) is 11.2 Å². The van der Waals surface area contributed by atoms with Crippen molar-refractivity contribution in [1.29, 1.82) is 0 Å². The van der Waals surface area contributed by atoms with E-state index in [4.69, 9.17) is 5.11 Å². The molecule has 0 saturated carbocycles. The summed E-state index contributed by atoms with van der Waals surface area (Å²) in [6.45, 7) is 4.20. The molecule has 1 heterocycles. The van der Waals surface area contributed by atoms with Crippen molar-refractivity contribution in [3.63, 3.8) is 0 Å². The van der Waals surface area contributed by atoms with E-state index in [1.165, 1.54) is 5.56 Å². The summed E-state index contributed by atoms with van der Waals surface area (Å²) in [5, 5.41) is 8.82. The second kappa shape index (κ2) is 6.01. The Labute approximate surface area is 108 Å². The first-order valence-corrected chi connectivity index (χ1v) is 6.65. The number of rotatable bonds is 5. The Morgan fingerprint density at radius 2 is 2.17 bits per heavy atom. The Bertz CT molecular complexity index is 391. The first-order chi connectivity index (χ1) is 8.65. The van der Waals surface area contributed by atoms with Gasteiger partial charge < -0.3 is 10.0 Å². The van der Waals surface area contributed by atoms with Gasteiger partial charge in [0.05, 0.1) is 0 Å². The lowest BCUT2D eigenvalue weighted by atomic mass is 10.0. The van der Waals surface area contributed by atoms with Gasteiger partial charge in [-0.15, -0.1) is 0 Å². The van der Waals surface area contributed by atoms with Crippen LogP contribution in [-0.4, -0.2) is 35.1 Å². The van der Waals surface area contributed by atoms with Crippen molar-refractivity contribution in [2.24, 2.45) is 5.92 Å². The fourth-order valence-electron chi connectivity index (χ4n) is 2.76. The maximum absolute atomic E-state index is 10.7. The number of nitrogens with zero attached hydrogens (tertiary/aromatic N) is 1. The van der Waals surface area contributed by atoms with Crippen molar-refractivity contribution in [2.75, 3.05) is 13.1 Å². The van der Waals surface area contributed by atoms with Crippen molar-refractivity contribution in [3.05, 3.63) is 35.9 Å². The average molecular weight is 247 g/mol. The summed E-state index contributed by atoms with van der Waals surface area (Å²) in [6, 6.07) is 11.0. The van der Waals surface area contributed by atoms with Gasteiger partial charge in [0.1, 0.15) is 0 Å². The Hall–Kier alpha value is -1.35. The largest absolute Gasteiger partial charge is 0.481 e. The third kappa shape index (κ3) is 3.57. The molecule has 0 aliphatic carbocycles. The molecule has 0 spiro atoms. The highest BCUT2D eigenvalue weighted by Crippen LogP contribution is 2.22. The lowest BCUT2D eigenvalue weighted by molar-refractivity contribution is -0.138. The molecule has 1 fully saturated rings. The Morgan fingerprint density at radius 1 is 1.44 bits per heavy atom. The zero-order valence-electron chi connectivity index (χ0n) is 10.9. The summed E-state index contributed by atoms with van der Waals surface area (Å²) < 4.78 is 0. The van der Waals surface area contributed by atoms with Gasteiger partial charge in [0.2, 0.25) is 0 Å². The Balaban J connectivity index is 1.84. The molecule has 3 heteroatoms. The summed E-state index contributed by atoms with van der Waals surface area (Å²) in [7, 11) is 0. The van der Waals surface area contributed by atoms with E-state index in [2.05, 4.69) is 36.1 Å². The molecule has 0 radical (unpaired) electrons. The van der Waals surface area contributed by atoms with Crippen molar-refractivity contribution in [3.8, 4) is 0 Å². The van der Waals surface area contributed by atoms with E-state index in [1.807, 2.05) is 6.07 Å². The van der Waals surface area contributed by atoms with Gasteiger partial charge in [-0.3, -0.25) is 4.79 Å². The zero-order chi connectivity index (χ0) is 13.0. The van der Waals surface area contributed by atoms with E-state index in [-0.39, 0.29) is 0 Å². The smallest absolute Gasteiger partial charge is 0.303 e. The van der Waals surface area contributed by atoms with Gasteiger partial charge in [0.25, 0.3) is 0 Å². The number of likely N-dealkylation sites (tertiary alicyclic amines) is 1. The van der Waals surface area contributed by atoms with Crippen LogP contribution in [0, 0.1) is 5.92 Å². The number of carboxylic acids is 1. The molecule has 18 heavy (non-hydrogen) atoms. The van der Waals surface area contributed by atoms with E-state index in [9.17, 15) is 4.79 Å². The van der Waals surface area contributed by atoms with Crippen LogP contribution in [0.25, 0.3) is 0 Å². The highest BCUT2D eigenvalue weighted by molar-refractivity contribution is 5.67. The Kier molecular flexibility index (Phi) is 4.37. The lowest BCUT2D eigenvalue weighted by Crippen LogP contribution is -2.32. The molecular formula is C15H21NO2. The van der Waals surface area contributed by atoms with Crippen LogP contribution in [0.2, 0.25) is 0 Å². The van der Waals surface area contributed by atoms with Crippen LogP contribution in [0.5, 0.6) is 0 Å². The monoisotopic (exact) mass is 247 g/mol. The van der Waals surface area contributed by atoms with E-state index in [0.29, 0.717) is 18.4 Å². The summed E-state index contributed by atoms with van der Waals surface area (Å²) in [4.78, 5) is 13.1. The molecule has 3 nitrogen and oxygen atoms in total. The first kappa shape index (κ1) is 13.1. The van der Waals surface area contributed by atoms with Gasteiger partial charge in [0, 0.05) is 19.0 Å². The summed E-state index contributed by atoms with van der Waals surface area (Å²) in [6.07, 6.45) is 2.38. The zero-order valence-corrected chi connectivity index (χ0v) is 10.9. The molecule has 1 aliphatic rings. The molecule has 2 rings (SSSR count). The highest BCUT2D eigenvalue weighted by Gasteiger charge is 2.27. The second-order valence-corrected chi connectivity index (χ2v) is 5.29. The molecule has 0 bridgehead atoms. The molecule has 1 aromatic carbocycles. The molecule has 0 amide bonds. The average Bonchev–Trinajstić information content (AvgIpc) is 2.78. The van der Waals surface area contributed by atoms with Gasteiger partial charge in [-0.05, 0) is 37.8 Å². The molecule has 0 aromatic heterocycles. The molecule has 2 unspecified atom stereocenters. The van der Waals surface area contributed by atoms with Crippen LogP contribution in [0.1, 0.15) is 25.3 Å². The van der Waals surface area contributed by atoms with Crippen LogP contribution < -0.4 is 0 Å². The number of aliphatic carboxylic acids is 1. The molecule has 1 saturated heterocycles. The first-order valence-electron chi connectivity index (χ1n) is 6.65. The van der Waals surface area contributed by atoms with Gasteiger partial charge in [0.15, 0.2) is 0 Å². The van der Waals surface area contributed by atoms with Crippen LogP contribution >= 0.6 is 0 Å². The third-order valence-corrected chi connectivity index (χ3v) is 3.78. The number of hydrogen-bond acceptors (Lipinski definition) is 2. The summed E-state index contributed by atoms with van der Waals surface area (Å²) in [5.41, 5.74) is 1.35. The van der Waals surface area contributed by atoms with Crippen molar-refractivity contribution >= 4 is 5.97 Å². The molecular weight excluding hydrogens is 226 g/mol. The quantitative estimate of drug-likeness (QED) is 0.868. The van der Waals surface area contributed by atoms with Crippen molar-refractivity contribution in [2.45, 2.75) is 32.2 Å². The molecule has 1 aromatic rings. The van der Waals surface area contributed by atoms with Crippen molar-refractivity contribution in [1.82, 2.24) is 4.90 Å². The van der Waals surface area contributed by atoms with Crippen LogP contribution in [0.15, 0.2) is 30.3 Å². The molecule has 98 valence electrons. The number of hydrogen-bond donors (Lipinski definition) is 1. The van der Waals surface area contributed by atoms with E-state index >= 15 is 0 Å². The van der Waals surface area contributed by atoms with Gasteiger partial charge in [-0.1, -0.05) is 30.3 Å². The van der Waals surface area contributed by atoms with E-state index in [1.54, 1.807) is 0 Å². The standard InChI is InChI=1S/C15H21NO2/c1-12(9-13-5-3-2-4-6-13)16-8-7-14(11-16)10-15(17)18/h2-6,12,14H,7-11H2,1H3,(H,17,18). The minimum Gasteiger partial charge on any atom is -0.481 e. The number of benzene rings is 1. The normalized spacial score (nSPS) is 21.9. The number of carbonyl (C=O) groups is 1. The highest BCUT2D eigenvalue weighted by atomic mass is 16.4. The molecule has 2 atom stereocenters. The minimum atomic E-state index is -0.669. The predicted octanol–water partition coefficient (Wildman–Crippen LogP) is 2.41. The fourth-order valence-corrected chi connectivity index (χ4v) is 2.76. The lowest BCUT2D eigenvalue weighted by Gasteiger charge is -2.24. The predicted molar refractivity (Wildman–Crippen MR) is 71.5 cm³/mol. The topological polar surface area (TPSA) is 40.5 Å². The van der Waals surface area contributed by atoms with E-state index < -0.39 is 5.97 Å². The van der Waals surface area contributed by atoms with Crippen LogP contribution in [0.3, 0.4) is 0 Å². The van der Waals surface area contributed by atoms with Gasteiger partial charge in [-0.2, -0.15) is 0 Å². The number of carboxylic acid groups (broad SMARTS) is 1. The fraction of sp³-hybridized carbons (Fsp3) is 0.533. The van der Waals surface area contributed by atoms with Crippen LogP contribution in [0.4, 0.5) is 0 Å².